The van der Waals surface area contributed by atoms with Crippen molar-refractivity contribution in [1.29, 1.82) is 0 Å². The van der Waals surface area contributed by atoms with E-state index in [1.807, 2.05) is 24.3 Å². The number of amides is 1. The largest absolute Gasteiger partial charge is 0.338 e. The van der Waals surface area contributed by atoms with E-state index in [-0.39, 0.29) is 17.1 Å². The number of hydrazine groups is 1. The van der Waals surface area contributed by atoms with Gasteiger partial charge in [0.15, 0.2) is 0 Å². The van der Waals surface area contributed by atoms with Crippen LogP contribution in [0.15, 0.2) is 48.5 Å². The van der Waals surface area contributed by atoms with E-state index in [1.165, 1.54) is 24.1 Å². The molecule has 3 aliphatic rings. The Hall–Kier alpha value is -2.28. The Morgan fingerprint density at radius 1 is 1.03 bits per heavy atom. The second-order valence-electron chi connectivity index (χ2n) is 9.50. The zero-order chi connectivity index (χ0) is 21.3. The quantitative estimate of drug-likeness (QED) is 0.795. The molecule has 1 atom stereocenters. The molecular weight excluding hydrogens is 391 g/mol. The van der Waals surface area contributed by atoms with Crippen molar-refractivity contribution in [3.63, 3.8) is 0 Å². The first-order valence-corrected chi connectivity index (χ1v) is 11.4. The fourth-order valence-corrected chi connectivity index (χ4v) is 5.54. The predicted molar refractivity (Wildman–Crippen MR) is 119 cm³/mol. The zero-order valence-electron chi connectivity index (χ0n) is 17.9. The standard InChI is InChI=1S/C25H31FN4O/c26-23-7-5-19(6-8-23)16-29-11-2-9-25(17-29)10-12-30(18-25)24(31)21-4-1-3-20(13-21)22-14-27-28-15-22/h1,3-8,13,22,27-28H,2,9-12,14-18H2. The van der Waals surface area contributed by atoms with Crippen molar-refractivity contribution in [3.05, 3.63) is 71.0 Å². The average Bonchev–Trinajstić information content (AvgIpc) is 3.46. The molecule has 1 amide bonds. The van der Waals surface area contributed by atoms with Crippen LogP contribution in [0.25, 0.3) is 0 Å². The molecule has 3 aliphatic heterocycles. The van der Waals surface area contributed by atoms with Gasteiger partial charge < -0.3 is 4.90 Å². The summed E-state index contributed by atoms with van der Waals surface area (Å²) in [5, 5.41) is 0. The molecule has 0 radical (unpaired) electrons. The number of nitrogens with one attached hydrogen (secondary N) is 2. The molecule has 3 fully saturated rings. The average molecular weight is 423 g/mol. The summed E-state index contributed by atoms with van der Waals surface area (Å²) < 4.78 is 13.2. The highest BCUT2D eigenvalue weighted by atomic mass is 19.1. The minimum atomic E-state index is -0.187. The number of rotatable bonds is 4. The van der Waals surface area contributed by atoms with E-state index in [4.69, 9.17) is 0 Å². The molecule has 3 saturated heterocycles. The Balaban J connectivity index is 1.24. The zero-order valence-corrected chi connectivity index (χ0v) is 17.9. The number of likely N-dealkylation sites (tertiary alicyclic amines) is 2. The molecule has 0 saturated carbocycles. The number of piperidine rings is 1. The molecular formula is C25H31FN4O. The van der Waals surface area contributed by atoms with Crippen molar-refractivity contribution in [2.75, 3.05) is 39.3 Å². The Kier molecular flexibility index (Phi) is 5.78. The van der Waals surface area contributed by atoms with Crippen LogP contribution in [0.4, 0.5) is 4.39 Å². The molecule has 2 N–H and O–H groups in total. The topological polar surface area (TPSA) is 47.6 Å². The molecule has 0 aliphatic carbocycles. The van der Waals surface area contributed by atoms with Crippen LogP contribution in [0.3, 0.4) is 0 Å². The van der Waals surface area contributed by atoms with Crippen LogP contribution >= 0.6 is 0 Å². The van der Waals surface area contributed by atoms with Gasteiger partial charge in [0.25, 0.3) is 5.91 Å². The normalized spacial score (nSPS) is 24.9. The Labute approximate surface area is 183 Å². The molecule has 2 aromatic rings. The molecule has 6 heteroatoms. The number of benzene rings is 2. The van der Waals surface area contributed by atoms with Gasteiger partial charge in [0.05, 0.1) is 0 Å². The van der Waals surface area contributed by atoms with Gasteiger partial charge in [-0.3, -0.25) is 20.5 Å². The highest BCUT2D eigenvalue weighted by molar-refractivity contribution is 5.94. The van der Waals surface area contributed by atoms with E-state index in [2.05, 4.69) is 32.8 Å². The molecule has 31 heavy (non-hydrogen) atoms. The minimum absolute atomic E-state index is 0.160. The van der Waals surface area contributed by atoms with Gasteiger partial charge in [0.2, 0.25) is 0 Å². The SMILES string of the molecule is O=C(c1cccc(C2CNNC2)c1)N1CCC2(CCCN(Cc3ccc(F)cc3)C2)C1. The molecule has 3 heterocycles. The van der Waals surface area contributed by atoms with Crippen molar-refractivity contribution >= 4 is 5.91 Å². The van der Waals surface area contributed by atoms with Gasteiger partial charge >= 0.3 is 0 Å². The second kappa shape index (κ2) is 8.69. The summed E-state index contributed by atoms with van der Waals surface area (Å²) in [6.45, 7) is 6.39. The third kappa shape index (κ3) is 4.52. The van der Waals surface area contributed by atoms with E-state index >= 15 is 0 Å². The van der Waals surface area contributed by atoms with E-state index in [1.54, 1.807) is 0 Å². The monoisotopic (exact) mass is 422 g/mol. The van der Waals surface area contributed by atoms with Crippen LogP contribution in [0.1, 0.15) is 46.7 Å². The number of hydrogen-bond donors (Lipinski definition) is 2. The third-order valence-electron chi connectivity index (χ3n) is 7.21. The van der Waals surface area contributed by atoms with Crippen LogP contribution in [0.5, 0.6) is 0 Å². The van der Waals surface area contributed by atoms with Crippen molar-refractivity contribution < 1.29 is 9.18 Å². The Bertz CT molecular complexity index is 927. The smallest absolute Gasteiger partial charge is 0.253 e. The van der Waals surface area contributed by atoms with Crippen molar-refractivity contribution in [1.82, 2.24) is 20.7 Å². The van der Waals surface area contributed by atoms with Crippen LogP contribution in [-0.4, -0.2) is 55.0 Å². The molecule has 0 aromatic heterocycles. The number of carbonyl (C=O) groups excluding carboxylic acids is 1. The molecule has 0 bridgehead atoms. The maximum Gasteiger partial charge on any atom is 0.253 e. The summed E-state index contributed by atoms with van der Waals surface area (Å²) in [6, 6.07) is 15.0. The molecule has 164 valence electrons. The summed E-state index contributed by atoms with van der Waals surface area (Å²) in [5.41, 5.74) is 9.70. The fourth-order valence-electron chi connectivity index (χ4n) is 5.54. The lowest BCUT2D eigenvalue weighted by Crippen LogP contribution is -2.45. The number of nitrogens with zero attached hydrogens (tertiary/aromatic N) is 2. The third-order valence-corrected chi connectivity index (χ3v) is 7.21. The van der Waals surface area contributed by atoms with E-state index in [0.717, 1.165) is 69.8 Å². The number of carbonyl (C=O) groups is 1. The summed E-state index contributed by atoms with van der Waals surface area (Å²) in [5.74, 6) is 0.387. The molecule has 2 aromatic carbocycles. The maximum absolute atomic E-state index is 13.3. The number of halogens is 1. The summed E-state index contributed by atoms with van der Waals surface area (Å²) in [7, 11) is 0. The first kappa shape index (κ1) is 20.6. The first-order chi connectivity index (χ1) is 15.1. The van der Waals surface area contributed by atoms with Crippen LogP contribution in [-0.2, 0) is 6.54 Å². The first-order valence-electron chi connectivity index (χ1n) is 11.4. The molecule has 1 spiro atoms. The Morgan fingerprint density at radius 2 is 1.84 bits per heavy atom. The maximum atomic E-state index is 13.3. The van der Waals surface area contributed by atoms with Crippen LogP contribution in [0, 0.1) is 11.2 Å². The van der Waals surface area contributed by atoms with Gasteiger partial charge in [-0.1, -0.05) is 24.3 Å². The van der Waals surface area contributed by atoms with Crippen LogP contribution < -0.4 is 10.9 Å². The highest BCUT2D eigenvalue weighted by Gasteiger charge is 2.42. The second-order valence-corrected chi connectivity index (χ2v) is 9.50. The molecule has 1 unspecified atom stereocenters. The summed E-state index contributed by atoms with van der Waals surface area (Å²) >= 11 is 0. The van der Waals surface area contributed by atoms with E-state index in [0.29, 0.717) is 5.92 Å². The lowest BCUT2D eigenvalue weighted by molar-refractivity contribution is 0.0675. The Morgan fingerprint density at radius 3 is 2.65 bits per heavy atom. The van der Waals surface area contributed by atoms with Crippen molar-refractivity contribution in [2.24, 2.45) is 5.41 Å². The summed E-state index contributed by atoms with van der Waals surface area (Å²) in [4.78, 5) is 17.8. The van der Waals surface area contributed by atoms with Gasteiger partial charge in [-0.2, -0.15) is 0 Å². The van der Waals surface area contributed by atoms with Gasteiger partial charge in [-0.25, -0.2) is 4.39 Å². The van der Waals surface area contributed by atoms with Crippen molar-refractivity contribution in [3.8, 4) is 0 Å². The lowest BCUT2D eigenvalue weighted by Gasteiger charge is -2.40. The van der Waals surface area contributed by atoms with Gasteiger partial charge in [-0.15, -0.1) is 0 Å². The van der Waals surface area contributed by atoms with Gasteiger partial charge in [0.1, 0.15) is 5.82 Å². The molecule has 5 nitrogen and oxygen atoms in total. The summed E-state index contributed by atoms with van der Waals surface area (Å²) in [6.07, 6.45) is 3.39. The highest BCUT2D eigenvalue weighted by Crippen LogP contribution is 2.40. The van der Waals surface area contributed by atoms with Crippen molar-refractivity contribution in [2.45, 2.75) is 31.7 Å². The van der Waals surface area contributed by atoms with E-state index < -0.39 is 0 Å². The van der Waals surface area contributed by atoms with E-state index in [9.17, 15) is 9.18 Å². The number of hydrogen-bond acceptors (Lipinski definition) is 4. The van der Waals surface area contributed by atoms with Gasteiger partial charge in [0, 0.05) is 56.2 Å². The minimum Gasteiger partial charge on any atom is -0.338 e. The predicted octanol–water partition coefficient (Wildman–Crippen LogP) is 3.15. The molecule has 5 rings (SSSR count). The fraction of sp³-hybridized carbons (Fsp3) is 0.480. The van der Waals surface area contributed by atoms with Crippen LogP contribution in [0.2, 0.25) is 0 Å². The lowest BCUT2D eigenvalue weighted by atomic mass is 9.79. The van der Waals surface area contributed by atoms with Gasteiger partial charge in [-0.05, 0) is 61.2 Å².